The molecule has 0 radical (unpaired) electrons. The van der Waals surface area contributed by atoms with Gasteiger partial charge >= 0.3 is 0 Å². The lowest BCUT2D eigenvalue weighted by atomic mass is 9.78. The summed E-state index contributed by atoms with van der Waals surface area (Å²) in [6.07, 6.45) is 4.29. The predicted octanol–water partition coefficient (Wildman–Crippen LogP) is 4.43. The average molecular weight is 378 g/mol. The molecule has 2 aliphatic heterocycles. The molecule has 0 unspecified atom stereocenters. The summed E-state index contributed by atoms with van der Waals surface area (Å²) in [7, 11) is 0. The van der Waals surface area contributed by atoms with Crippen molar-refractivity contribution in [2.45, 2.75) is 51.2 Å². The van der Waals surface area contributed by atoms with Crippen LogP contribution in [0, 0.1) is 5.92 Å². The van der Waals surface area contributed by atoms with Crippen molar-refractivity contribution >= 4 is 0 Å². The van der Waals surface area contributed by atoms with Crippen LogP contribution in [0.1, 0.15) is 54.5 Å². The third kappa shape index (κ3) is 2.87. The fourth-order valence-electron chi connectivity index (χ4n) is 4.80. The summed E-state index contributed by atoms with van der Waals surface area (Å²) in [6, 6.07) is 9.67. The molecule has 0 bridgehead atoms. The first-order chi connectivity index (χ1) is 13.5. The van der Waals surface area contributed by atoms with Crippen LogP contribution in [0.15, 0.2) is 42.0 Å². The van der Waals surface area contributed by atoms with E-state index in [1.807, 2.05) is 6.07 Å². The lowest BCUT2D eigenvalue weighted by molar-refractivity contribution is 0.0997. The third-order valence-electron chi connectivity index (χ3n) is 6.36. The minimum atomic E-state index is -0.313. The second-order valence-corrected chi connectivity index (χ2v) is 8.59. The largest absolute Gasteiger partial charge is 0.508 e. The van der Waals surface area contributed by atoms with Gasteiger partial charge in [-0.3, -0.25) is 0 Å². The molecule has 4 heteroatoms. The average Bonchev–Trinajstić information content (AvgIpc) is 3.02. The first kappa shape index (κ1) is 17.6. The number of phenols is 1. The molecule has 0 spiro atoms. The van der Waals surface area contributed by atoms with Gasteiger partial charge < -0.3 is 19.7 Å². The highest BCUT2D eigenvalue weighted by Gasteiger charge is 2.41. The van der Waals surface area contributed by atoms with Gasteiger partial charge in [0.25, 0.3) is 0 Å². The van der Waals surface area contributed by atoms with Crippen molar-refractivity contribution in [3.63, 3.8) is 0 Å². The standard InChI is InChI=1S/C24H26O4/c1-13(2)3-4-14-7-15-8-19-22(10-16(15)9-21(14)26)27-12-20-18-6-5-17(25)11-23(18)28-24(19)20/h3,5-6,8,10-11,14,20-21,24-26H,4,7,9,12H2,1-2H3/t14-,20-,21+,24+/m1/s1. The van der Waals surface area contributed by atoms with Crippen LogP contribution in [0.2, 0.25) is 0 Å². The monoisotopic (exact) mass is 378 g/mol. The zero-order chi connectivity index (χ0) is 19.4. The molecule has 4 nitrogen and oxygen atoms in total. The van der Waals surface area contributed by atoms with Gasteiger partial charge in [0.15, 0.2) is 0 Å². The van der Waals surface area contributed by atoms with E-state index in [-0.39, 0.29) is 29.8 Å². The van der Waals surface area contributed by atoms with Gasteiger partial charge in [0.05, 0.1) is 18.6 Å². The molecule has 2 aromatic rings. The smallest absolute Gasteiger partial charge is 0.138 e. The molecule has 5 rings (SSSR count). The second-order valence-electron chi connectivity index (χ2n) is 8.59. The van der Waals surface area contributed by atoms with Crippen LogP contribution in [0.5, 0.6) is 17.2 Å². The molecule has 146 valence electrons. The maximum Gasteiger partial charge on any atom is 0.138 e. The van der Waals surface area contributed by atoms with Gasteiger partial charge in [-0.05, 0) is 68.4 Å². The number of allylic oxidation sites excluding steroid dienone is 2. The molecule has 2 heterocycles. The Labute approximate surface area is 165 Å². The Morgan fingerprint density at radius 2 is 1.89 bits per heavy atom. The first-order valence-corrected chi connectivity index (χ1v) is 10.1. The summed E-state index contributed by atoms with van der Waals surface area (Å²) in [5.74, 6) is 2.24. The number of aliphatic hydroxyl groups excluding tert-OH is 1. The molecule has 0 saturated heterocycles. The number of phenolic OH excluding ortho intramolecular Hbond substituents is 1. The van der Waals surface area contributed by atoms with Gasteiger partial charge in [0.2, 0.25) is 0 Å². The number of benzene rings is 2. The Balaban J connectivity index is 1.48. The van der Waals surface area contributed by atoms with Crippen LogP contribution in [-0.4, -0.2) is 22.9 Å². The molecule has 3 aliphatic rings. The molecular weight excluding hydrogens is 352 g/mol. The summed E-state index contributed by atoms with van der Waals surface area (Å²) in [4.78, 5) is 0. The van der Waals surface area contributed by atoms with Gasteiger partial charge in [0.1, 0.15) is 23.4 Å². The molecule has 0 aromatic heterocycles. The molecule has 0 saturated carbocycles. The number of hydrogen-bond donors (Lipinski definition) is 2. The Kier molecular flexibility index (Phi) is 4.13. The van der Waals surface area contributed by atoms with Crippen molar-refractivity contribution in [2.75, 3.05) is 6.61 Å². The van der Waals surface area contributed by atoms with E-state index in [9.17, 15) is 10.2 Å². The highest BCUT2D eigenvalue weighted by molar-refractivity contribution is 5.53. The molecule has 0 fully saturated rings. The maximum atomic E-state index is 10.6. The summed E-state index contributed by atoms with van der Waals surface area (Å²) in [6.45, 7) is 4.77. The fraction of sp³-hybridized carbons (Fsp3) is 0.417. The predicted molar refractivity (Wildman–Crippen MR) is 107 cm³/mol. The van der Waals surface area contributed by atoms with Crippen molar-refractivity contribution in [3.8, 4) is 17.2 Å². The summed E-state index contributed by atoms with van der Waals surface area (Å²) < 4.78 is 12.3. The Hall–Kier alpha value is -2.46. The molecule has 2 aromatic carbocycles. The van der Waals surface area contributed by atoms with Crippen molar-refractivity contribution in [1.82, 2.24) is 0 Å². The molecular formula is C24H26O4. The van der Waals surface area contributed by atoms with E-state index in [4.69, 9.17) is 9.47 Å². The van der Waals surface area contributed by atoms with Gasteiger partial charge in [-0.1, -0.05) is 17.7 Å². The highest BCUT2D eigenvalue weighted by atomic mass is 16.5. The third-order valence-corrected chi connectivity index (χ3v) is 6.36. The highest BCUT2D eigenvalue weighted by Crippen LogP contribution is 2.52. The summed E-state index contributed by atoms with van der Waals surface area (Å²) in [5.41, 5.74) is 5.96. The number of aliphatic hydroxyl groups is 1. The minimum Gasteiger partial charge on any atom is -0.508 e. The number of aromatic hydroxyl groups is 1. The zero-order valence-corrected chi connectivity index (χ0v) is 16.3. The van der Waals surface area contributed by atoms with Crippen LogP contribution in [-0.2, 0) is 12.8 Å². The molecule has 28 heavy (non-hydrogen) atoms. The fourth-order valence-corrected chi connectivity index (χ4v) is 4.80. The Bertz CT molecular complexity index is 957. The van der Waals surface area contributed by atoms with Gasteiger partial charge in [-0.25, -0.2) is 0 Å². The number of ether oxygens (including phenoxy) is 2. The Morgan fingerprint density at radius 3 is 2.71 bits per heavy atom. The Morgan fingerprint density at radius 1 is 1.07 bits per heavy atom. The minimum absolute atomic E-state index is 0.0751. The van der Waals surface area contributed by atoms with E-state index in [1.54, 1.807) is 12.1 Å². The van der Waals surface area contributed by atoms with Crippen LogP contribution in [0.4, 0.5) is 0 Å². The van der Waals surface area contributed by atoms with Gasteiger partial charge in [-0.2, -0.15) is 0 Å². The number of hydrogen-bond acceptors (Lipinski definition) is 4. The maximum absolute atomic E-state index is 10.6. The van der Waals surface area contributed by atoms with Gasteiger partial charge in [0, 0.05) is 17.2 Å². The molecule has 0 amide bonds. The lowest BCUT2D eigenvalue weighted by Gasteiger charge is -2.33. The van der Waals surface area contributed by atoms with Crippen molar-refractivity contribution < 1.29 is 19.7 Å². The van der Waals surface area contributed by atoms with Crippen molar-refractivity contribution in [2.24, 2.45) is 5.92 Å². The second kappa shape index (κ2) is 6.56. The van der Waals surface area contributed by atoms with E-state index in [1.165, 1.54) is 16.7 Å². The quantitative estimate of drug-likeness (QED) is 0.759. The topological polar surface area (TPSA) is 58.9 Å². The SMILES string of the molecule is CC(C)=CC[C@@H]1Cc2cc3c(cc2C[C@@H]1O)OC[C@@H]1c2ccc(O)cc2O[C@@H]31. The zero-order valence-electron chi connectivity index (χ0n) is 16.3. The van der Waals surface area contributed by atoms with E-state index >= 15 is 0 Å². The summed E-state index contributed by atoms with van der Waals surface area (Å²) in [5, 5.41) is 20.4. The number of rotatable bonds is 2. The van der Waals surface area contributed by atoms with Crippen LogP contribution < -0.4 is 9.47 Å². The van der Waals surface area contributed by atoms with Crippen LogP contribution in [0.25, 0.3) is 0 Å². The van der Waals surface area contributed by atoms with Crippen LogP contribution in [0.3, 0.4) is 0 Å². The van der Waals surface area contributed by atoms with Crippen LogP contribution >= 0.6 is 0 Å². The normalized spacial score (nSPS) is 26.8. The molecule has 4 atom stereocenters. The first-order valence-electron chi connectivity index (χ1n) is 10.1. The number of fused-ring (bicyclic) bond motifs is 6. The lowest BCUT2D eigenvalue weighted by Crippen LogP contribution is -2.31. The van der Waals surface area contributed by atoms with E-state index in [0.29, 0.717) is 13.0 Å². The van der Waals surface area contributed by atoms with Crippen molar-refractivity contribution in [3.05, 3.63) is 64.2 Å². The van der Waals surface area contributed by atoms with Crippen molar-refractivity contribution in [1.29, 1.82) is 0 Å². The summed E-state index contributed by atoms with van der Waals surface area (Å²) >= 11 is 0. The van der Waals surface area contributed by atoms with E-state index in [2.05, 4.69) is 32.1 Å². The molecule has 1 aliphatic carbocycles. The van der Waals surface area contributed by atoms with E-state index in [0.717, 1.165) is 35.5 Å². The molecule has 2 N–H and O–H groups in total. The van der Waals surface area contributed by atoms with Gasteiger partial charge in [-0.15, -0.1) is 0 Å². The van der Waals surface area contributed by atoms with E-state index < -0.39 is 0 Å².